The standard InChI is InChI=1S/C19H18ClN3/c1-12-5-3-4-6-15(12)18-16-9-10-21-19(16)23(22-18)14-8-7-13(2)17(20)11-14/h3-8,11,21H,9-10H2,1-2H3. The van der Waals surface area contributed by atoms with Gasteiger partial charge in [0, 0.05) is 22.7 Å². The Kier molecular flexibility index (Phi) is 3.38. The van der Waals surface area contributed by atoms with E-state index in [-0.39, 0.29) is 0 Å². The lowest BCUT2D eigenvalue weighted by molar-refractivity contribution is 0.881. The molecular weight excluding hydrogens is 306 g/mol. The minimum absolute atomic E-state index is 0.766. The van der Waals surface area contributed by atoms with Crippen molar-refractivity contribution in [1.82, 2.24) is 9.78 Å². The molecule has 4 heteroatoms. The second kappa shape index (κ2) is 5.43. The molecule has 3 nitrogen and oxygen atoms in total. The highest BCUT2D eigenvalue weighted by molar-refractivity contribution is 6.31. The normalized spacial score (nSPS) is 13.0. The van der Waals surface area contributed by atoms with Crippen LogP contribution in [-0.2, 0) is 6.42 Å². The number of aromatic nitrogens is 2. The summed E-state index contributed by atoms with van der Waals surface area (Å²) in [7, 11) is 0. The van der Waals surface area contributed by atoms with E-state index in [4.69, 9.17) is 16.7 Å². The number of nitrogens with one attached hydrogen (secondary N) is 1. The fraction of sp³-hybridized carbons (Fsp3) is 0.211. The van der Waals surface area contributed by atoms with Crippen molar-refractivity contribution in [3.63, 3.8) is 0 Å². The molecular formula is C19H18ClN3. The molecule has 0 amide bonds. The van der Waals surface area contributed by atoms with E-state index < -0.39 is 0 Å². The van der Waals surface area contributed by atoms with Crippen LogP contribution in [-0.4, -0.2) is 16.3 Å². The number of hydrogen-bond donors (Lipinski definition) is 1. The smallest absolute Gasteiger partial charge is 0.133 e. The number of halogens is 1. The zero-order chi connectivity index (χ0) is 16.0. The summed E-state index contributed by atoms with van der Waals surface area (Å²) in [4.78, 5) is 0. The second-order valence-electron chi connectivity index (χ2n) is 6.01. The average molecular weight is 324 g/mol. The molecule has 0 saturated carbocycles. The van der Waals surface area contributed by atoms with Crippen molar-refractivity contribution in [1.29, 1.82) is 0 Å². The Hall–Kier alpha value is -2.26. The molecule has 116 valence electrons. The number of benzene rings is 2. The number of anilines is 1. The van der Waals surface area contributed by atoms with Crippen molar-refractivity contribution in [3.05, 3.63) is 64.2 Å². The molecule has 0 unspecified atom stereocenters. The van der Waals surface area contributed by atoms with Gasteiger partial charge in [0.15, 0.2) is 0 Å². The molecule has 0 radical (unpaired) electrons. The van der Waals surface area contributed by atoms with Gasteiger partial charge in [-0.05, 0) is 43.5 Å². The van der Waals surface area contributed by atoms with E-state index in [0.717, 1.165) is 40.8 Å². The SMILES string of the molecule is Cc1ccc(-n2nc(-c3ccccc3C)c3c2NCC3)cc1Cl. The first-order valence-corrected chi connectivity index (χ1v) is 8.21. The predicted molar refractivity (Wildman–Crippen MR) is 95.7 cm³/mol. The lowest BCUT2D eigenvalue weighted by atomic mass is 10.0. The van der Waals surface area contributed by atoms with E-state index >= 15 is 0 Å². The minimum atomic E-state index is 0.766. The third-order valence-electron chi connectivity index (χ3n) is 4.45. The molecule has 1 aromatic heterocycles. The van der Waals surface area contributed by atoms with Crippen LogP contribution in [0.5, 0.6) is 0 Å². The first-order valence-electron chi connectivity index (χ1n) is 7.83. The van der Waals surface area contributed by atoms with Crippen LogP contribution in [0, 0.1) is 13.8 Å². The molecule has 0 atom stereocenters. The largest absolute Gasteiger partial charge is 0.369 e. The molecule has 1 aliphatic rings. The molecule has 1 aliphatic heterocycles. The van der Waals surface area contributed by atoms with Gasteiger partial charge >= 0.3 is 0 Å². The predicted octanol–water partition coefficient (Wildman–Crippen LogP) is 4.78. The van der Waals surface area contributed by atoms with Gasteiger partial charge < -0.3 is 5.32 Å². The van der Waals surface area contributed by atoms with E-state index in [1.165, 1.54) is 16.7 Å². The Bertz CT molecular complexity index is 896. The topological polar surface area (TPSA) is 29.9 Å². The highest BCUT2D eigenvalue weighted by Crippen LogP contribution is 2.36. The van der Waals surface area contributed by atoms with E-state index in [9.17, 15) is 0 Å². The number of aryl methyl sites for hydroxylation is 2. The van der Waals surface area contributed by atoms with Gasteiger partial charge in [0.1, 0.15) is 5.82 Å². The van der Waals surface area contributed by atoms with Gasteiger partial charge in [-0.1, -0.05) is 41.9 Å². The zero-order valence-electron chi connectivity index (χ0n) is 13.2. The van der Waals surface area contributed by atoms with Crippen LogP contribution in [0.4, 0.5) is 5.82 Å². The van der Waals surface area contributed by atoms with Gasteiger partial charge in [0.25, 0.3) is 0 Å². The maximum Gasteiger partial charge on any atom is 0.133 e. The van der Waals surface area contributed by atoms with Crippen LogP contribution in [0.1, 0.15) is 16.7 Å². The Labute approximate surface area is 140 Å². The molecule has 2 aromatic carbocycles. The molecule has 0 aliphatic carbocycles. The van der Waals surface area contributed by atoms with Crippen molar-refractivity contribution in [2.24, 2.45) is 0 Å². The number of rotatable bonds is 2. The van der Waals surface area contributed by atoms with Crippen LogP contribution in [0.2, 0.25) is 5.02 Å². The van der Waals surface area contributed by atoms with Crippen molar-refractivity contribution in [2.45, 2.75) is 20.3 Å². The molecule has 1 N–H and O–H groups in total. The Balaban J connectivity index is 1.91. The molecule has 0 saturated heterocycles. The third kappa shape index (κ3) is 2.32. The highest BCUT2D eigenvalue weighted by Gasteiger charge is 2.24. The number of nitrogens with zero attached hydrogens (tertiary/aromatic N) is 2. The van der Waals surface area contributed by atoms with Crippen molar-refractivity contribution >= 4 is 17.4 Å². The Morgan fingerprint density at radius 1 is 1.09 bits per heavy atom. The molecule has 0 fully saturated rings. The maximum absolute atomic E-state index is 6.30. The molecule has 4 rings (SSSR count). The maximum atomic E-state index is 6.30. The van der Waals surface area contributed by atoms with Crippen molar-refractivity contribution in [2.75, 3.05) is 11.9 Å². The fourth-order valence-corrected chi connectivity index (χ4v) is 3.30. The molecule has 23 heavy (non-hydrogen) atoms. The lowest BCUT2D eigenvalue weighted by Crippen LogP contribution is -2.04. The summed E-state index contributed by atoms with van der Waals surface area (Å²) in [6.45, 7) is 5.09. The van der Waals surface area contributed by atoms with E-state index in [0.29, 0.717) is 0 Å². The Morgan fingerprint density at radius 2 is 1.91 bits per heavy atom. The van der Waals surface area contributed by atoms with Crippen LogP contribution in [0.25, 0.3) is 16.9 Å². The third-order valence-corrected chi connectivity index (χ3v) is 4.86. The van der Waals surface area contributed by atoms with Gasteiger partial charge in [0.2, 0.25) is 0 Å². The van der Waals surface area contributed by atoms with Gasteiger partial charge in [-0.15, -0.1) is 0 Å². The van der Waals surface area contributed by atoms with E-state index in [1.807, 2.05) is 23.7 Å². The van der Waals surface area contributed by atoms with E-state index in [1.54, 1.807) is 0 Å². The summed E-state index contributed by atoms with van der Waals surface area (Å²) in [5.74, 6) is 1.09. The molecule has 2 heterocycles. The second-order valence-corrected chi connectivity index (χ2v) is 6.42. The first-order chi connectivity index (χ1) is 11.1. The van der Waals surface area contributed by atoms with E-state index in [2.05, 4.69) is 42.6 Å². The van der Waals surface area contributed by atoms with Crippen LogP contribution in [0.15, 0.2) is 42.5 Å². The van der Waals surface area contributed by atoms with Crippen molar-refractivity contribution < 1.29 is 0 Å². The van der Waals surface area contributed by atoms with Crippen molar-refractivity contribution in [3.8, 4) is 16.9 Å². The van der Waals surface area contributed by atoms with Gasteiger partial charge in [-0.3, -0.25) is 0 Å². The minimum Gasteiger partial charge on any atom is -0.369 e. The van der Waals surface area contributed by atoms with Crippen LogP contribution < -0.4 is 5.32 Å². The van der Waals surface area contributed by atoms with Gasteiger partial charge in [-0.2, -0.15) is 5.10 Å². The monoisotopic (exact) mass is 323 g/mol. The zero-order valence-corrected chi connectivity index (χ0v) is 14.0. The lowest BCUT2D eigenvalue weighted by Gasteiger charge is -2.08. The van der Waals surface area contributed by atoms with Crippen LogP contribution >= 0.6 is 11.6 Å². The fourth-order valence-electron chi connectivity index (χ4n) is 3.13. The molecule has 3 aromatic rings. The van der Waals surface area contributed by atoms with Crippen LogP contribution in [0.3, 0.4) is 0 Å². The first kappa shape index (κ1) is 14.3. The summed E-state index contributed by atoms with van der Waals surface area (Å²) >= 11 is 6.30. The molecule has 0 bridgehead atoms. The number of hydrogen-bond acceptors (Lipinski definition) is 2. The molecule has 0 spiro atoms. The summed E-state index contributed by atoms with van der Waals surface area (Å²) in [6, 6.07) is 14.5. The number of fused-ring (bicyclic) bond motifs is 1. The Morgan fingerprint density at radius 3 is 2.70 bits per heavy atom. The summed E-state index contributed by atoms with van der Waals surface area (Å²) in [6.07, 6.45) is 0.999. The summed E-state index contributed by atoms with van der Waals surface area (Å²) in [5, 5.41) is 9.13. The summed E-state index contributed by atoms with van der Waals surface area (Å²) < 4.78 is 1.98. The summed E-state index contributed by atoms with van der Waals surface area (Å²) in [5.41, 5.74) is 6.87. The quantitative estimate of drug-likeness (QED) is 0.735. The average Bonchev–Trinajstić information content (AvgIpc) is 3.13. The highest BCUT2D eigenvalue weighted by atomic mass is 35.5. The van der Waals surface area contributed by atoms with Gasteiger partial charge in [-0.25, -0.2) is 4.68 Å². The van der Waals surface area contributed by atoms with Gasteiger partial charge in [0.05, 0.1) is 11.4 Å².